The van der Waals surface area contributed by atoms with Crippen molar-refractivity contribution in [2.45, 2.75) is 63.2 Å². The molecule has 1 aliphatic rings. The Bertz CT molecular complexity index is 353. The van der Waals surface area contributed by atoms with E-state index < -0.39 is 0 Å². The Morgan fingerprint density at radius 3 is 2.56 bits per heavy atom. The fraction of sp³-hybridized carbons (Fsp3) is 0.833. The number of nitrogens with zero attached hydrogens (tertiary/aromatic N) is 3. The second kappa shape index (κ2) is 4.86. The van der Waals surface area contributed by atoms with Gasteiger partial charge in [0.25, 0.3) is 0 Å². The molecule has 1 heterocycles. The number of alkyl halides is 1. The third-order valence-electron chi connectivity index (χ3n) is 3.64. The Labute approximate surface area is 106 Å². The molecular weight excluding hydrogens is 266 g/mol. The molecule has 16 heavy (non-hydrogen) atoms. The summed E-state index contributed by atoms with van der Waals surface area (Å²) in [6.45, 7) is 5.59. The van der Waals surface area contributed by atoms with Crippen LogP contribution in [0.15, 0.2) is 0 Å². The molecule has 2 rings (SSSR count). The van der Waals surface area contributed by atoms with Crippen molar-refractivity contribution in [2.24, 2.45) is 0 Å². The van der Waals surface area contributed by atoms with Crippen molar-refractivity contribution in [1.82, 2.24) is 14.8 Å². The maximum Gasteiger partial charge on any atom is 0.143 e. The molecule has 90 valence electrons. The Morgan fingerprint density at radius 1 is 1.31 bits per heavy atom. The molecule has 1 aromatic rings. The maximum atomic E-state index is 4.44. The van der Waals surface area contributed by atoms with E-state index in [1.807, 2.05) is 0 Å². The fourth-order valence-electron chi connectivity index (χ4n) is 2.72. The van der Waals surface area contributed by atoms with E-state index in [1.54, 1.807) is 0 Å². The van der Waals surface area contributed by atoms with Crippen LogP contribution in [-0.4, -0.2) is 14.8 Å². The van der Waals surface area contributed by atoms with Crippen LogP contribution in [0.2, 0.25) is 0 Å². The molecule has 0 atom stereocenters. The van der Waals surface area contributed by atoms with Crippen LogP contribution in [0, 0.1) is 0 Å². The van der Waals surface area contributed by atoms with Gasteiger partial charge in [-0.3, -0.25) is 0 Å². The topological polar surface area (TPSA) is 30.7 Å². The van der Waals surface area contributed by atoms with Gasteiger partial charge in [-0.1, -0.05) is 42.6 Å². The van der Waals surface area contributed by atoms with Gasteiger partial charge in [-0.15, -0.1) is 10.2 Å². The summed E-state index contributed by atoms with van der Waals surface area (Å²) in [4.78, 5) is 0. The van der Waals surface area contributed by atoms with E-state index in [9.17, 15) is 0 Å². The largest absolute Gasteiger partial charge is 0.314 e. The van der Waals surface area contributed by atoms with Gasteiger partial charge in [0.2, 0.25) is 0 Å². The van der Waals surface area contributed by atoms with Crippen molar-refractivity contribution >= 4 is 15.9 Å². The second-order valence-corrected chi connectivity index (χ2v) is 5.55. The van der Waals surface area contributed by atoms with E-state index in [1.165, 1.54) is 31.5 Å². The summed E-state index contributed by atoms with van der Waals surface area (Å²) < 4.78 is 2.32. The second-order valence-electron chi connectivity index (χ2n) is 4.99. The minimum absolute atomic E-state index is 0.266. The van der Waals surface area contributed by atoms with E-state index in [0.717, 1.165) is 24.1 Å². The average Bonchev–Trinajstić information content (AvgIpc) is 2.86. The van der Waals surface area contributed by atoms with Crippen molar-refractivity contribution in [2.75, 3.05) is 0 Å². The summed E-state index contributed by atoms with van der Waals surface area (Å²) in [5.41, 5.74) is 0.266. The Kier molecular flexibility index (Phi) is 3.67. The summed E-state index contributed by atoms with van der Waals surface area (Å²) in [7, 11) is 0. The quantitative estimate of drug-likeness (QED) is 0.794. The van der Waals surface area contributed by atoms with Gasteiger partial charge in [0, 0.05) is 12.0 Å². The Balaban J connectivity index is 2.35. The summed E-state index contributed by atoms with van der Waals surface area (Å²) in [6.07, 6.45) is 6.33. The highest BCUT2D eigenvalue weighted by atomic mass is 79.9. The van der Waals surface area contributed by atoms with Crippen LogP contribution < -0.4 is 0 Å². The van der Waals surface area contributed by atoms with Crippen molar-refractivity contribution in [3.8, 4) is 0 Å². The standard InChI is InChI=1S/C12H20BrN3/c1-3-8-16-10(9-13)14-15-11(16)12(2)6-4-5-7-12/h3-9H2,1-2H3. The van der Waals surface area contributed by atoms with E-state index in [4.69, 9.17) is 0 Å². The van der Waals surface area contributed by atoms with E-state index in [-0.39, 0.29) is 5.41 Å². The average molecular weight is 286 g/mol. The zero-order chi connectivity index (χ0) is 11.6. The fourth-order valence-corrected chi connectivity index (χ4v) is 3.13. The summed E-state index contributed by atoms with van der Waals surface area (Å²) >= 11 is 3.49. The van der Waals surface area contributed by atoms with Gasteiger partial charge in [-0.25, -0.2) is 0 Å². The molecule has 3 nitrogen and oxygen atoms in total. The van der Waals surface area contributed by atoms with Gasteiger partial charge in [0.05, 0.1) is 5.33 Å². The molecule has 0 unspecified atom stereocenters. The first-order valence-electron chi connectivity index (χ1n) is 6.20. The number of hydrogen-bond acceptors (Lipinski definition) is 2. The molecule has 0 amide bonds. The molecule has 4 heteroatoms. The first kappa shape index (κ1) is 12.1. The van der Waals surface area contributed by atoms with Crippen LogP contribution in [0.25, 0.3) is 0 Å². The lowest BCUT2D eigenvalue weighted by Crippen LogP contribution is -2.23. The maximum absolute atomic E-state index is 4.44. The minimum Gasteiger partial charge on any atom is -0.314 e. The highest BCUT2D eigenvalue weighted by molar-refractivity contribution is 9.08. The molecule has 0 aliphatic heterocycles. The zero-order valence-corrected chi connectivity index (χ0v) is 11.8. The number of hydrogen-bond donors (Lipinski definition) is 0. The van der Waals surface area contributed by atoms with Crippen LogP contribution in [0.3, 0.4) is 0 Å². The van der Waals surface area contributed by atoms with Crippen LogP contribution >= 0.6 is 15.9 Å². The summed E-state index contributed by atoms with van der Waals surface area (Å²) in [6, 6.07) is 0. The smallest absolute Gasteiger partial charge is 0.143 e. The Morgan fingerprint density at radius 2 is 2.00 bits per heavy atom. The SMILES string of the molecule is CCCn1c(CBr)nnc1C1(C)CCCC1. The molecule has 0 spiro atoms. The van der Waals surface area contributed by atoms with Crippen molar-refractivity contribution in [3.05, 3.63) is 11.6 Å². The van der Waals surface area contributed by atoms with Crippen LogP contribution in [-0.2, 0) is 17.3 Å². The monoisotopic (exact) mass is 285 g/mol. The first-order valence-corrected chi connectivity index (χ1v) is 7.32. The van der Waals surface area contributed by atoms with Gasteiger partial charge >= 0.3 is 0 Å². The van der Waals surface area contributed by atoms with E-state index in [2.05, 4.69) is 44.5 Å². The third-order valence-corrected chi connectivity index (χ3v) is 4.14. The lowest BCUT2D eigenvalue weighted by molar-refractivity contribution is 0.426. The predicted octanol–water partition coefficient (Wildman–Crippen LogP) is 3.41. The summed E-state index contributed by atoms with van der Waals surface area (Å²) in [5.74, 6) is 2.28. The molecule has 1 aliphatic carbocycles. The number of aromatic nitrogens is 3. The highest BCUT2D eigenvalue weighted by Gasteiger charge is 2.35. The molecule has 0 bridgehead atoms. The third kappa shape index (κ3) is 2.04. The minimum atomic E-state index is 0.266. The molecule has 1 saturated carbocycles. The number of halogens is 1. The molecule has 1 fully saturated rings. The van der Waals surface area contributed by atoms with Crippen LogP contribution in [0.4, 0.5) is 0 Å². The number of rotatable bonds is 4. The molecule has 0 aromatic carbocycles. The van der Waals surface area contributed by atoms with Gasteiger partial charge in [-0.05, 0) is 19.3 Å². The van der Waals surface area contributed by atoms with Crippen molar-refractivity contribution in [3.63, 3.8) is 0 Å². The molecule has 1 aromatic heterocycles. The van der Waals surface area contributed by atoms with Gasteiger partial charge in [0.1, 0.15) is 11.6 Å². The first-order chi connectivity index (χ1) is 7.71. The highest BCUT2D eigenvalue weighted by Crippen LogP contribution is 2.39. The molecular formula is C12H20BrN3. The molecule has 0 N–H and O–H groups in total. The normalized spacial score (nSPS) is 19.2. The van der Waals surface area contributed by atoms with Gasteiger partial charge in [0.15, 0.2) is 0 Å². The van der Waals surface area contributed by atoms with Gasteiger partial charge < -0.3 is 4.57 Å². The molecule has 0 radical (unpaired) electrons. The van der Waals surface area contributed by atoms with Crippen molar-refractivity contribution < 1.29 is 0 Å². The lowest BCUT2D eigenvalue weighted by atomic mass is 9.88. The van der Waals surface area contributed by atoms with Gasteiger partial charge in [-0.2, -0.15) is 0 Å². The zero-order valence-electron chi connectivity index (χ0n) is 10.2. The lowest BCUT2D eigenvalue weighted by Gasteiger charge is -2.23. The summed E-state index contributed by atoms with van der Waals surface area (Å²) in [5, 5.41) is 9.55. The molecule has 0 saturated heterocycles. The van der Waals surface area contributed by atoms with E-state index in [0.29, 0.717) is 0 Å². The Hall–Kier alpha value is -0.380. The predicted molar refractivity (Wildman–Crippen MR) is 68.8 cm³/mol. The van der Waals surface area contributed by atoms with Crippen LogP contribution in [0.1, 0.15) is 57.6 Å². The van der Waals surface area contributed by atoms with E-state index >= 15 is 0 Å². The van der Waals surface area contributed by atoms with Crippen molar-refractivity contribution in [1.29, 1.82) is 0 Å². The van der Waals surface area contributed by atoms with Crippen LogP contribution in [0.5, 0.6) is 0 Å².